The van der Waals surface area contributed by atoms with Crippen molar-refractivity contribution in [3.63, 3.8) is 0 Å². The van der Waals surface area contributed by atoms with Gasteiger partial charge in [-0.05, 0) is 26.3 Å². The van der Waals surface area contributed by atoms with Crippen LogP contribution in [0.25, 0.3) is 0 Å². The normalized spacial score (nSPS) is 30.3. The summed E-state index contributed by atoms with van der Waals surface area (Å²) in [6.07, 6.45) is 2.99. The van der Waals surface area contributed by atoms with Gasteiger partial charge in [0.15, 0.2) is 0 Å². The van der Waals surface area contributed by atoms with E-state index in [0.29, 0.717) is 17.2 Å². The van der Waals surface area contributed by atoms with Crippen molar-refractivity contribution in [3.05, 3.63) is 0 Å². The van der Waals surface area contributed by atoms with Crippen molar-refractivity contribution in [3.8, 4) is 0 Å². The predicted molar refractivity (Wildman–Crippen MR) is 68.6 cm³/mol. The smallest absolute Gasteiger partial charge is 0.0510 e. The van der Waals surface area contributed by atoms with Crippen LogP contribution in [0.1, 0.15) is 19.3 Å². The predicted octanol–water partition coefficient (Wildman–Crippen LogP) is 0.539. The Labute approximate surface area is 106 Å². The molecule has 5 heteroatoms. The fourth-order valence-corrected chi connectivity index (χ4v) is 4.36. The van der Waals surface area contributed by atoms with E-state index in [-0.39, 0.29) is 0 Å². The zero-order valence-electron chi connectivity index (χ0n) is 10.5. The van der Waals surface area contributed by atoms with Crippen LogP contribution in [-0.4, -0.2) is 54.7 Å². The van der Waals surface area contributed by atoms with E-state index < -0.39 is 10.8 Å². The topological polar surface area (TPSA) is 47.6 Å². The van der Waals surface area contributed by atoms with Crippen LogP contribution < -0.4 is 5.32 Å². The Kier molecular flexibility index (Phi) is 5.41. The average molecular weight is 261 g/mol. The van der Waals surface area contributed by atoms with Gasteiger partial charge in [0.2, 0.25) is 0 Å². The second kappa shape index (κ2) is 6.83. The van der Waals surface area contributed by atoms with Crippen molar-refractivity contribution in [2.75, 3.05) is 39.2 Å². The van der Waals surface area contributed by atoms with Crippen LogP contribution in [-0.2, 0) is 20.3 Å². The maximum absolute atomic E-state index is 12.3. The van der Waals surface area contributed by atoms with Crippen molar-refractivity contribution < 1.29 is 13.7 Å². The largest absolute Gasteiger partial charge is 0.381 e. The van der Waals surface area contributed by atoms with E-state index >= 15 is 0 Å². The second-order valence-corrected chi connectivity index (χ2v) is 6.64. The highest BCUT2D eigenvalue weighted by atomic mass is 32.2. The fraction of sp³-hybridized carbons (Fsp3) is 1.00. The average Bonchev–Trinajstić information content (AvgIpc) is 2.90. The van der Waals surface area contributed by atoms with Crippen LogP contribution in [0, 0.1) is 5.92 Å². The van der Waals surface area contributed by atoms with E-state index in [4.69, 9.17) is 9.47 Å². The molecule has 0 bridgehead atoms. The molecular weight excluding hydrogens is 238 g/mol. The van der Waals surface area contributed by atoms with Gasteiger partial charge in [-0.25, -0.2) is 0 Å². The van der Waals surface area contributed by atoms with Gasteiger partial charge in [-0.2, -0.15) is 0 Å². The Hall–Kier alpha value is 0.0300. The maximum Gasteiger partial charge on any atom is 0.0510 e. The van der Waals surface area contributed by atoms with Crippen LogP contribution >= 0.6 is 0 Å². The minimum absolute atomic E-state index is 0.334. The Morgan fingerprint density at radius 2 is 1.94 bits per heavy atom. The molecule has 3 unspecified atom stereocenters. The van der Waals surface area contributed by atoms with Gasteiger partial charge in [0, 0.05) is 53.6 Å². The Balaban J connectivity index is 1.82. The minimum atomic E-state index is -0.730. The maximum atomic E-state index is 12.3. The fourth-order valence-electron chi connectivity index (χ4n) is 2.58. The van der Waals surface area contributed by atoms with E-state index in [2.05, 4.69) is 5.32 Å². The van der Waals surface area contributed by atoms with E-state index in [1.807, 2.05) is 7.05 Å². The first-order chi connectivity index (χ1) is 8.31. The van der Waals surface area contributed by atoms with Crippen molar-refractivity contribution in [1.29, 1.82) is 0 Å². The van der Waals surface area contributed by atoms with Gasteiger partial charge >= 0.3 is 0 Å². The molecule has 2 rings (SSSR count). The van der Waals surface area contributed by atoms with Crippen LogP contribution in [0.5, 0.6) is 0 Å². The SMILES string of the molecule is CNC(CS(=O)C1CCOCC1)C1CCOC1. The molecule has 0 aliphatic carbocycles. The first-order valence-corrected chi connectivity index (χ1v) is 7.89. The molecule has 0 radical (unpaired) electrons. The number of nitrogens with one attached hydrogen (secondary N) is 1. The van der Waals surface area contributed by atoms with Crippen LogP contribution in [0.4, 0.5) is 0 Å². The summed E-state index contributed by atoms with van der Waals surface area (Å²) in [6.45, 7) is 3.21. The van der Waals surface area contributed by atoms with Crippen LogP contribution in [0.15, 0.2) is 0 Å². The summed E-state index contributed by atoms with van der Waals surface area (Å²) in [5, 5.41) is 3.64. The van der Waals surface area contributed by atoms with Gasteiger partial charge in [0.25, 0.3) is 0 Å². The molecule has 1 N–H and O–H groups in total. The number of hydrogen-bond acceptors (Lipinski definition) is 4. The van der Waals surface area contributed by atoms with Gasteiger partial charge in [-0.15, -0.1) is 0 Å². The summed E-state index contributed by atoms with van der Waals surface area (Å²) in [7, 11) is 1.23. The highest BCUT2D eigenvalue weighted by Crippen LogP contribution is 2.20. The third kappa shape index (κ3) is 3.74. The van der Waals surface area contributed by atoms with E-state index in [1.54, 1.807) is 0 Å². The Morgan fingerprint density at radius 1 is 1.24 bits per heavy atom. The van der Waals surface area contributed by atoms with Crippen LogP contribution in [0.2, 0.25) is 0 Å². The molecule has 2 aliphatic rings. The number of rotatable bonds is 5. The monoisotopic (exact) mass is 261 g/mol. The summed E-state index contributed by atoms with van der Waals surface area (Å²) in [6, 6.07) is 0.334. The van der Waals surface area contributed by atoms with E-state index in [1.165, 1.54) is 0 Å². The van der Waals surface area contributed by atoms with Gasteiger partial charge in [-0.1, -0.05) is 0 Å². The lowest BCUT2D eigenvalue weighted by atomic mass is 10.0. The van der Waals surface area contributed by atoms with Crippen molar-refractivity contribution in [1.82, 2.24) is 5.32 Å². The quantitative estimate of drug-likeness (QED) is 0.784. The molecule has 0 aromatic heterocycles. The highest BCUT2D eigenvalue weighted by Gasteiger charge is 2.29. The second-order valence-electron chi connectivity index (χ2n) is 4.88. The highest BCUT2D eigenvalue weighted by molar-refractivity contribution is 7.85. The van der Waals surface area contributed by atoms with Gasteiger partial charge in [0.1, 0.15) is 0 Å². The third-order valence-electron chi connectivity index (χ3n) is 3.79. The Morgan fingerprint density at radius 3 is 2.53 bits per heavy atom. The molecule has 3 atom stereocenters. The van der Waals surface area contributed by atoms with E-state index in [9.17, 15) is 4.21 Å². The summed E-state index contributed by atoms with van der Waals surface area (Å²) in [5.41, 5.74) is 0. The molecular formula is C12H23NO3S. The van der Waals surface area contributed by atoms with Crippen LogP contribution in [0.3, 0.4) is 0 Å². The molecule has 2 saturated heterocycles. The summed E-state index contributed by atoms with van der Waals surface area (Å²) >= 11 is 0. The van der Waals surface area contributed by atoms with Gasteiger partial charge < -0.3 is 14.8 Å². The zero-order chi connectivity index (χ0) is 12.1. The Bertz CT molecular complexity index is 250. The van der Waals surface area contributed by atoms with Gasteiger partial charge in [-0.3, -0.25) is 4.21 Å². The number of hydrogen-bond donors (Lipinski definition) is 1. The molecule has 2 fully saturated rings. The number of ether oxygens (including phenoxy) is 2. The lowest BCUT2D eigenvalue weighted by molar-refractivity contribution is 0.0991. The summed E-state index contributed by atoms with van der Waals surface area (Å²) in [5.74, 6) is 1.29. The molecule has 0 aromatic rings. The first-order valence-electron chi connectivity index (χ1n) is 6.51. The minimum Gasteiger partial charge on any atom is -0.381 e. The molecule has 0 saturated carbocycles. The molecule has 0 spiro atoms. The third-order valence-corrected chi connectivity index (χ3v) is 5.69. The van der Waals surface area contributed by atoms with Gasteiger partial charge in [0.05, 0.1) is 6.61 Å². The molecule has 2 heterocycles. The molecule has 4 nitrogen and oxygen atoms in total. The molecule has 0 aromatic carbocycles. The molecule has 100 valence electrons. The lowest BCUT2D eigenvalue weighted by Crippen LogP contribution is -2.41. The lowest BCUT2D eigenvalue weighted by Gasteiger charge is -2.26. The zero-order valence-corrected chi connectivity index (χ0v) is 11.3. The van der Waals surface area contributed by atoms with Crippen molar-refractivity contribution >= 4 is 10.8 Å². The van der Waals surface area contributed by atoms with E-state index in [0.717, 1.165) is 51.4 Å². The molecule has 0 amide bonds. The van der Waals surface area contributed by atoms with Crippen molar-refractivity contribution in [2.24, 2.45) is 5.92 Å². The standard InChI is InChI=1S/C12H23NO3S/c1-13-12(10-2-5-16-8-10)9-17(14)11-3-6-15-7-4-11/h10-13H,2-9H2,1H3. The summed E-state index contributed by atoms with van der Waals surface area (Å²) in [4.78, 5) is 0. The molecule has 2 aliphatic heterocycles. The van der Waals surface area contributed by atoms with Crippen molar-refractivity contribution in [2.45, 2.75) is 30.6 Å². The first kappa shape index (κ1) is 13.5. The molecule has 17 heavy (non-hydrogen) atoms. The summed E-state index contributed by atoms with van der Waals surface area (Å²) < 4.78 is 23.0.